The fourth-order valence-corrected chi connectivity index (χ4v) is 3.51. The van der Waals surface area contributed by atoms with Crippen molar-refractivity contribution in [3.05, 3.63) is 28.7 Å². The minimum atomic E-state index is -0.00759. The first kappa shape index (κ1) is 13.0. The topological polar surface area (TPSA) is 20.3 Å². The second kappa shape index (κ2) is 5.91. The molecule has 1 aromatic rings. The molecular formula is C13H16BrNOS. The molecule has 1 aliphatic heterocycles. The molecule has 1 aliphatic rings. The summed E-state index contributed by atoms with van der Waals surface area (Å²) in [5.41, 5.74) is 0. The lowest BCUT2D eigenvalue weighted by atomic mass is 10.4. The van der Waals surface area contributed by atoms with Crippen molar-refractivity contribution in [2.75, 3.05) is 13.1 Å². The number of rotatable bonds is 3. The Balaban J connectivity index is 1.99. The molecule has 1 fully saturated rings. The van der Waals surface area contributed by atoms with Crippen LogP contribution in [-0.4, -0.2) is 29.1 Å². The second-order valence-corrected chi connectivity index (χ2v) is 6.46. The number of amides is 1. The third kappa shape index (κ3) is 3.26. The van der Waals surface area contributed by atoms with Crippen molar-refractivity contribution in [1.82, 2.24) is 4.90 Å². The Morgan fingerprint density at radius 2 is 2.00 bits per heavy atom. The summed E-state index contributed by atoms with van der Waals surface area (Å²) in [6, 6.07) is 8.04. The summed E-state index contributed by atoms with van der Waals surface area (Å²) in [5.74, 6) is 0.267. The maximum atomic E-state index is 12.2. The monoisotopic (exact) mass is 313 g/mol. The Morgan fingerprint density at radius 3 is 2.65 bits per heavy atom. The van der Waals surface area contributed by atoms with Crippen molar-refractivity contribution in [2.24, 2.45) is 0 Å². The number of benzene rings is 1. The predicted molar refractivity (Wildman–Crippen MR) is 75.3 cm³/mol. The second-order valence-electron chi connectivity index (χ2n) is 4.22. The van der Waals surface area contributed by atoms with Crippen LogP contribution in [0.3, 0.4) is 0 Å². The van der Waals surface area contributed by atoms with Gasteiger partial charge in [0.1, 0.15) is 0 Å². The summed E-state index contributed by atoms with van der Waals surface area (Å²) in [7, 11) is 0. The van der Waals surface area contributed by atoms with Crippen LogP contribution in [0.5, 0.6) is 0 Å². The maximum Gasteiger partial charge on any atom is 0.235 e. The highest BCUT2D eigenvalue weighted by atomic mass is 79.9. The molecule has 0 bridgehead atoms. The van der Waals surface area contributed by atoms with Crippen molar-refractivity contribution in [2.45, 2.75) is 29.9 Å². The first-order chi connectivity index (χ1) is 8.18. The van der Waals surface area contributed by atoms with E-state index >= 15 is 0 Å². The fourth-order valence-electron chi connectivity index (χ4n) is 1.98. The van der Waals surface area contributed by atoms with E-state index in [1.165, 1.54) is 0 Å². The summed E-state index contributed by atoms with van der Waals surface area (Å²) >= 11 is 5.14. The molecule has 1 aromatic carbocycles. The molecule has 2 nitrogen and oxygen atoms in total. The van der Waals surface area contributed by atoms with Crippen molar-refractivity contribution < 1.29 is 4.79 Å². The van der Waals surface area contributed by atoms with Crippen molar-refractivity contribution in [3.63, 3.8) is 0 Å². The van der Waals surface area contributed by atoms with Crippen LogP contribution in [0.4, 0.5) is 0 Å². The summed E-state index contributed by atoms with van der Waals surface area (Å²) in [6.07, 6.45) is 2.30. The summed E-state index contributed by atoms with van der Waals surface area (Å²) in [4.78, 5) is 15.3. The van der Waals surface area contributed by atoms with E-state index < -0.39 is 0 Å². The van der Waals surface area contributed by atoms with Gasteiger partial charge in [0.15, 0.2) is 0 Å². The number of thioether (sulfide) groups is 1. The van der Waals surface area contributed by atoms with Gasteiger partial charge in [-0.1, -0.05) is 12.1 Å². The van der Waals surface area contributed by atoms with Crippen LogP contribution >= 0.6 is 27.7 Å². The number of carbonyl (C=O) groups excluding carboxylic acids is 1. The van der Waals surface area contributed by atoms with Gasteiger partial charge in [0.25, 0.3) is 0 Å². The summed E-state index contributed by atoms with van der Waals surface area (Å²) in [6.45, 7) is 3.85. The Morgan fingerprint density at radius 1 is 1.35 bits per heavy atom. The molecule has 0 radical (unpaired) electrons. The highest BCUT2D eigenvalue weighted by molar-refractivity contribution is 9.10. The normalized spacial score (nSPS) is 17.2. The molecular weight excluding hydrogens is 298 g/mol. The third-order valence-electron chi connectivity index (χ3n) is 2.91. The van der Waals surface area contributed by atoms with E-state index in [9.17, 15) is 4.79 Å². The van der Waals surface area contributed by atoms with Crippen LogP contribution in [0, 0.1) is 0 Å². The van der Waals surface area contributed by atoms with E-state index in [1.54, 1.807) is 11.8 Å². The van der Waals surface area contributed by atoms with E-state index in [1.807, 2.05) is 36.1 Å². The number of halogens is 1. The highest BCUT2D eigenvalue weighted by Crippen LogP contribution is 2.31. The standard InChI is InChI=1S/C13H16BrNOS/c1-10(13(16)15-8-4-5-9-15)17-12-7-3-2-6-11(12)14/h2-3,6-7,10H,4-5,8-9H2,1H3. The van der Waals surface area contributed by atoms with Crippen molar-refractivity contribution >= 4 is 33.6 Å². The van der Waals surface area contributed by atoms with Gasteiger partial charge >= 0.3 is 0 Å². The van der Waals surface area contributed by atoms with E-state index in [0.717, 1.165) is 35.3 Å². The molecule has 0 saturated carbocycles. The van der Waals surface area contributed by atoms with Gasteiger partial charge in [-0.05, 0) is 47.8 Å². The van der Waals surface area contributed by atoms with E-state index in [2.05, 4.69) is 15.9 Å². The number of hydrogen-bond acceptors (Lipinski definition) is 2. The van der Waals surface area contributed by atoms with Crippen molar-refractivity contribution in [3.8, 4) is 0 Å². The van der Waals surface area contributed by atoms with Gasteiger partial charge in [0.2, 0.25) is 5.91 Å². The first-order valence-electron chi connectivity index (χ1n) is 5.88. The zero-order valence-electron chi connectivity index (χ0n) is 9.86. The van der Waals surface area contributed by atoms with E-state index in [-0.39, 0.29) is 11.2 Å². The molecule has 0 aromatic heterocycles. The van der Waals surface area contributed by atoms with Crippen LogP contribution in [-0.2, 0) is 4.79 Å². The lowest BCUT2D eigenvalue weighted by Crippen LogP contribution is -2.34. The number of likely N-dealkylation sites (tertiary alicyclic amines) is 1. The van der Waals surface area contributed by atoms with Gasteiger partial charge < -0.3 is 4.90 Å². The van der Waals surface area contributed by atoms with Gasteiger partial charge in [-0.15, -0.1) is 11.8 Å². The van der Waals surface area contributed by atoms with Crippen LogP contribution in [0.15, 0.2) is 33.6 Å². The molecule has 1 heterocycles. The fraction of sp³-hybridized carbons (Fsp3) is 0.462. The lowest BCUT2D eigenvalue weighted by Gasteiger charge is -2.20. The number of carbonyl (C=O) groups is 1. The quantitative estimate of drug-likeness (QED) is 0.795. The molecule has 92 valence electrons. The molecule has 2 rings (SSSR count). The van der Waals surface area contributed by atoms with Crippen molar-refractivity contribution in [1.29, 1.82) is 0 Å². The molecule has 1 saturated heterocycles. The minimum Gasteiger partial charge on any atom is -0.342 e. The molecule has 4 heteroatoms. The molecule has 0 N–H and O–H groups in total. The SMILES string of the molecule is CC(Sc1ccccc1Br)C(=O)N1CCCC1. The van der Waals surface area contributed by atoms with Gasteiger partial charge in [-0.3, -0.25) is 4.79 Å². The van der Waals surface area contributed by atoms with Crippen LogP contribution < -0.4 is 0 Å². The Hall–Kier alpha value is -0.480. The van der Waals surface area contributed by atoms with Gasteiger partial charge in [-0.25, -0.2) is 0 Å². The highest BCUT2D eigenvalue weighted by Gasteiger charge is 2.24. The lowest BCUT2D eigenvalue weighted by molar-refractivity contribution is -0.129. The first-order valence-corrected chi connectivity index (χ1v) is 7.56. The minimum absolute atomic E-state index is 0.00759. The molecule has 0 aliphatic carbocycles. The number of nitrogens with zero attached hydrogens (tertiary/aromatic N) is 1. The van der Waals surface area contributed by atoms with Gasteiger partial charge in [-0.2, -0.15) is 0 Å². The van der Waals surface area contributed by atoms with Gasteiger partial charge in [0, 0.05) is 22.5 Å². The third-order valence-corrected chi connectivity index (χ3v) is 5.02. The van der Waals surface area contributed by atoms with E-state index in [4.69, 9.17) is 0 Å². The van der Waals surface area contributed by atoms with Crippen LogP contribution in [0.1, 0.15) is 19.8 Å². The largest absolute Gasteiger partial charge is 0.342 e. The predicted octanol–water partition coefficient (Wildman–Crippen LogP) is 3.55. The Labute approximate surface area is 115 Å². The number of hydrogen-bond donors (Lipinski definition) is 0. The van der Waals surface area contributed by atoms with Crippen LogP contribution in [0.25, 0.3) is 0 Å². The zero-order chi connectivity index (χ0) is 12.3. The molecule has 0 spiro atoms. The Bertz CT molecular complexity index is 404. The smallest absolute Gasteiger partial charge is 0.235 e. The van der Waals surface area contributed by atoms with Crippen LogP contribution in [0.2, 0.25) is 0 Å². The molecule has 1 amide bonds. The molecule has 1 atom stereocenters. The summed E-state index contributed by atoms with van der Waals surface area (Å²) in [5, 5.41) is -0.00759. The molecule has 1 unspecified atom stereocenters. The maximum absolute atomic E-state index is 12.2. The Kier molecular flexibility index (Phi) is 4.51. The average Bonchev–Trinajstić information content (AvgIpc) is 2.84. The van der Waals surface area contributed by atoms with Gasteiger partial charge in [0.05, 0.1) is 5.25 Å². The zero-order valence-corrected chi connectivity index (χ0v) is 12.3. The molecule has 17 heavy (non-hydrogen) atoms. The van der Waals surface area contributed by atoms with E-state index in [0.29, 0.717) is 0 Å². The summed E-state index contributed by atoms with van der Waals surface area (Å²) < 4.78 is 1.06. The average molecular weight is 314 g/mol.